The molecule has 0 aromatic heterocycles. The van der Waals surface area contributed by atoms with E-state index in [2.05, 4.69) is 67.6 Å². The minimum absolute atomic E-state index is 0.00208. The molecule has 6 N–H and O–H groups in total. The number of aliphatic hydroxyl groups is 2. The van der Waals surface area contributed by atoms with Crippen LogP contribution in [0.3, 0.4) is 0 Å². The molecule has 8 nitrogen and oxygen atoms in total. The van der Waals surface area contributed by atoms with Gasteiger partial charge in [0, 0.05) is 17.3 Å². The van der Waals surface area contributed by atoms with E-state index >= 15 is 0 Å². The van der Waals surface area contributed by atoms with Crippen molar-refractivity contribution in [1.82, 2.24) is 0 Å². The number of aldehydes is 2. The summed E-state index contributed by atoms with van der Waals surface area (Å²) in [6, 6.07) is 23.0. The van der Waals surface area contributed by atoms with E-state index in [1.807, 2.05) is 30.3 Å². The molecule has 0 unspecified atom stereocenters. The number of unbranched alkanes of at least 4 members (excludes halogenated alkanes) is 2. The molecule has 9 atom stereocenters. The highest BCUT2D eigenvalue weighted by Gasteiger charge is 2.56. The molecule has 3 aromatic rings. The standard InChI is InChI=1S/C61H79NO7/c1-59(27-7-8-28-59)29-11-18-50-39-49(23-24-56(50)65)54-36-43-12-9-19-53(35-43)60(30-25-48-37-45-14-5-6-15-46(45)38-52(48)40-60)57(58(66)67)55(61(68,69)31-33-63)20-10-17-44(54)13-3-2-4-16-51(41-64)47-22-21-42(34-47)26-32-62/h5-6,9-10,12,14-15,19-20,23-24,33-35,37-39,41,44,47-48,51-52,54-55,57,65,68-69H,2-4,7-8,11,13,16-18,21-22,25-32,36,40,62H2,1H3,(H,66,67)/b20-10-/t44-,47+,48-,51-,52-,54+,55-,57-,60-/m1/s1. The van der Waals surface area contributed by atoms with E-state index in [1.165, 1.54) is 42.0 Å². The maximum absolute atomic E-state index is 14.1. The first kappa shape index (κ1) is 50.7. The van der Waals surface area contributed by atoms with Crippen molar-refractivity contribution >= 4 is 30.7 Å². The number of phenolic OH excluding ortho intramolecular Hbond substituents is 1. The van der Waals surface area contributed by atoms with Crippen LogP contribution in [0.2, 0.25) is 0 Å². The molecule has 2 bridgehead atoms. The number of carbonyl (C=O) groups excluding carboxylic acids is 2. The predicted molar refractivity (Wildman–Crippen MR) is 274 cm³/mol. The predicted octanol–water partition coefficient (Wildman–Crippen LogP) is 10.2. The second-order valence-electron chi connectivity index (χ2n) is 22.5. The number of phenols is 1. The Morgan fingerprint density at radius 1 is 0.884 bits per heavy atom. The number of carboxylic acid groups (broad SMARTS) is 1. The summed E-state index contributed by atoms with van der Waals surface area (Å²) in [5.41, 5.74) is 10.7. The average Bonchev–Trinajstić information content (AvgIpc) is 3.99. The van der Waals surface area contributed by atoms with Crippen molar-refractivity contribution in [2.24, 2.45) is 52.6 Å². The number of carbonyl (C=O) groups is 3. The summed E-state index contributed by atoms with van der Waals surface area (Å²) in [5, 5.41) is 49.0. The minimum Gasteiger partial charge on any atom is -0.508 e. The second kappa shape index (κ2) is 22.6. The number of allylic oxidation sites excluding steroid dienone is 2. The lowest BCUT2D eigenvalue weighted by Gasteiger charge is -2.51. The first-order chi connectivity index (χ1) is 33.3. The number of aromatic hydroxyl groups is 1. The van der Waals surface area contributed by atoms with Crippen molar-refractivity contribution in [3.8, 4) is 5.75 Å². The van der Waals surface area contributed by atoms with Crippen molar-refractivity contribution in [2.75, 3.05) is 6.54 Å². The van der Waals surface area contributed by atoms with Crippen LogP contribution in [-0.2, 0) is 32.6 Å². The molecule has 0 heterocycles. The Labute approximate surface area is 410 Å². The lowest BCUT2D eigenvalue weighted by atomic mass is 9.53. The summed E-state index contributed by atoms with van der Waals surface area (Å²) in [5.74, 6) is -5.26. The molecule has 5 aliphatic carbocycles. The van der Waals surface area contributed by atoms with E-state index in [4.69, 9.17) is 5.73 Å². The first-order valence-corrected chi connectivity index (χ1v) is 26.7. The van der Waals surface area contributed by atoms with Crippen LogP contribution in [0, 0.1) is 46.8 Å². The molecule has 370 valence electrons. The SMILES string of the molecule is CC1(CCCc2cc([C@H]3Cc4cccc(c4)[C@]4(CC[C@@H]5C=c6ccccc6=C[C@@H]5C4)[C@@H](C(=O)O)[C@H](C(O)(O)CC=O)/C=C\C[C@H]3CCCCC[C@H](C=O)[C@@H]3C=C(CCN)CC3)ccc2O)CCCC1. The Morgan fingerprint density at radius 3 is 2.41 bits per heavy atom. The maximum Gasteiger partial charge on any atom is 0.308 e. The number of nitrogens with two attached hydrogens (primary N) is 1. The van der Waals surface area contributed by atoms with Gasteiger partial charge in [-0.3, -0.25) is 4.79 Å². The van der Waals surface area contributed by atoms with Crippen molar-refractivity contribution in [1.29, 1.82) is 0 Å². The number of aliphatic carboxylic acids is 1. The van der Waals surface area contributed by atoms with E-state index in [0.29, 0.717) is 49.7 Å². The number of aryl methyl sites for hydroxylation is 1. The van der Waals surface area contributed by atoms with Crippen molar-refractivity contribution in [3.05, 3.63) is 123 Å². The fourth-order valence-corrected chi connectivity index (χ4v) is 14.0. The number of rotatable bonds is 19. The zero-order chi connectivity index (χ0) is 48.6. The summed E-state index contributed by atoms with van der Waals surface area (Å²) >= 11 is 0. The summed E-state index contributed by atoms with van der Waals surface area (Å²) < 4.78 is 0. The van der Waals surface area contributed by atoms with Crippen LogP contribution in [0.25, 0.3) is 12.2 Å². The summed E-state index contributed by atoms with van der Waals surface area (Å²) in [6.07, 6.45) is 30.3. The number of hydrogen-bond donors (Lipinski definition) is 5. The Hall–Kier alpha value is -4.63. The smallest absolute Gasteiger partial charge is 0.308 e. The Bertz CT molecular complexity index is 2450. The van der Waals surface area contributed by atoms with Gasteiger partial charge in [0.2, 0.25) is 0 Å². The molecular formula is C61H79NO7. The quantitative estimate of drug-likeness (QED) is 0.0344. The monoisotopic (exact) mass is 938 g/mol. The summed E-state index contributed by atoms with van der Waals surface area (Å²) in [4.78, 5) is 38.6. The number of carboxylic acids is 1. The van der Waals surface area contributed by atoms with E-state index in [1.54, 1.807) is 6.08 Å². The molecule has 8 rings (SSSR count). The topological polar surface area (TPSA) is 158 Å². The van der Waals surface area contributed by atoms with Gasteiger partial charge in [0.1, 0.15) is 18.3 Å². The van der Waals surface area contributed by atoms with E-state index in [-0.39, 0.29) is 35.5 Å². The molecule has 2 saturated carbocycles. The number of hydrogen-bond acceptors (Lipinski definition) is 7. The Kier molecular flexibility index (Phi) is 16.6. The molecule has 0 saturated heterocycles. The molecule has 0 aliphatic heterocycles. The van der Waals surface area contributed by atoms with E-state index < -0.39 is 35.4 Å². The third-order valence-electron chi connectivity index (χ3n) is 17.9. The van der Waals surface area contributed by atoms with Crippen LogP contribution < -0.4 is 16.2 Å². The molecule has 3 aromatic carbocycles. The van der Waals surface area contributed by atoms with E-state index in [0.717, 1.165) is 105 Å². The molecule has 5 aliphatic rings. The van der Waals surface area contributed by atoms with Gasteiger partial charge >= 0.3 is 5.97 Å². The lowest BCUT2D eigenvalue weighted by Crippen LogP contribution is -2.55. The third kappa shape index (κ3) is 11.8. The zero-order valence-corrected chi connectivity index (χ0v) is 41.2. The van der Waals surface area contributed by atoms with Gasteiger partial charge in [0.25, 0.3) is 0 Å². The van der Waals surface area contributed by atoms with Crippen molar-refractivity contribution < 1.29 is 34.8 Å². The molecule has 1 spiro atoms. The lowest BCUT2D eigenvalue weighted by molar-refractivity contribution is -0.212. The first-order valence-electron chi connectivity index (χ1n) is 26.7. The second-order valence-corrected chi connectivity index (χ2v) is 22.5. The van der Waals surface area contributed by atoms with Gasteiger partial charge in [-0.25, -0.2) is 0 Å². The zero-order valence-electron chi connectivity index (χ0n) is 41.2. The van der Waals surface area contributed by atoms with E-state index in [9.17, 15) is 34.8 Å². The van der Waals surface area contributed by atoms with Gasteiger partial charge in [-0.15, -0.1) is 0 Å². The third-order valence-corrected chi connectivity index (χ3v) is 17.9. The van der Waals surface area contributed by atoms with Crippen LogP contribution >= 0.6 is 0 Å². The average molecular weight is 938 g/mol. The largest absolute Gasteiger partial charge is 0.508 e. The van der Waals surface area contributed by atoms with Crippen LogP contribution in [0.4, 0.5) is 0 Å². The van der Waals surface area contributed by atoms with Gasteiger partial charge in [0.05, 0.1) is 12.3 Å². The summed E-state index contributed by atoms with van der Waals surface area (Å²) in [7, 11) is 0. The molecule has 2 fully saturated rings. The number of fused-ring (bicyclic) bond motifs is 5. The van der Waals surface area contributed by atoms with Gasteiger partial charge in [-0.1, -0.05) is 136 Å². The maximum atomic E-state index is 14.1. The normalized spacial score (nSPS) is 28.4. The van der Waals surface area contributed by atoms with Gasteiger partial charge in [0.15, 0.2) is 5.79 Å². The molecule has 8 heteroatoms. The van der Waals surface area contributed by atoms with Crippen LogP contribution in [0.15, 0.2) is 90.5 Å². The molecular weight excluding hydrogens is 859 g/mol. The van der Waals surface area contributed by atoms with Crippen LogP contribution in [0.5, 0.6) is 5.75 Å². The van der Waals surface area contributed by atoms with Crippen molar-refractivity contribution in [3.63, 3.8) is 0 Å². The van der Waals surface area contributed by atoms with Crippen LogP contribution in [-0.4, -0.2) is 51.3 Å². The molecule has 0 amide bonds. The Balaban J connectivity index is 1.15. The van der Waals surface area contributed by atoms with Crippen LogP contribution in [0.1, 0.15) is 157 Å². The highest BCUT2D eigenvalue weighted by molar-refractivity contribution is 5.74. The molecule has 69 heavy (non-hydrogen) atoms. The number of benzene rings is 3. The van der Waals surface area contributed by atoms with Crippen molar-refractivity contribution in [2.45, 2.75) is 159 Å². The molecule has 0 radical (unpaired) electrons. The Morgan fingerprint density at radius 2 is 1.67 bits per heavy atom. The highest BCUT2D eigenvalue weighted by atomic mass is 16.5. The van der Waals surface area contributed by atoms with Gasteiger partial charge in [-0.2, -0.15) is 0 Å². The summed E-state index contributed by atoms with van der Waals surface area (Å²) in [6.45, 7) is 3.05. The fourth-order valence-electron chi connectivity index (χ4n) is 14.0. The fraction of sp³-hybridized carbons (Fsp3) is 0.557. The van der Waals surface area contributed by atoms with Gasteiger partial charge < -0.3 is 35.7 Å². The van der Waals surface area contributed by atoms with Gasteiger partial charge in [-0.05, 0) is 177 Å². The highest BCUT2D eigenvalue weighted by Crippen LogP contribution is 2.55. The minimum atomic E-state index is -2.60.